The van der Waals surface area contributed by atoms with Gasteiger partial charge in [0, 0.05) is 6.20 Å². The summed E-state index contributed by atoms with van der Waals surface area (Å²) in [4.78, 5) is 4.33. The third-order valence-corrected chi connectivity index (χ3v) is 2.13. The summed E-state index contributed by atoms with van der Waals surface area (Å²) in [5.74, 6) is 0.823. The maximum absolute atomic E-state index is 4.33. The summed E-state index contributed by atoms with van der Waals surface area (Å²) < 4.78 is 1.82. The molecule has 0 aliphatic rings. The van der Waals surface area contributed by atoms with E-state index < -0.39 is 0 Å². The lowest BCUT2D eigenvalue weighted by atomic mass is 10.2. The van der Waals surface area contributed by atoms with Crippen LogP contribution < -0.4 is 0 Å². The predicted molar refractivity (Wildman–Crippen MR) is 47.2 cm³/mol. The molecule has 0 aliphatic carbocycles. The highest BCUT2D eigenvalue weighted by atomic mass is 15.3. The van der Waals surface area contributed by atoms with Crippen molar-refractivity contribution in [2.45, 2.75) is 20.8 Å². The fourth-order valence-electron chi connectivity index (χ4n) is 1.27. The standard InChI is InChI=1S/C9H11N3/c1-6-4-5-12-9(7(6)2)10-8(3)11-12/h4-5H,1-3H3. The molecule has 0 atom stereocenters. The summed E-state index contributed by atoms with van der Waals surface area (Å²) in [7, 11) is 0. The zero-order valence-corrected chi connectivity index (χ0v) is 7.50. The van der Waals surface area contributed by atoms with Gasteiger partial charge < -0.3 is 0 Å². The second-order valence-corrected chi connectivity index (χ2v) is 3.05. The number of aryl methyl sites for hydroxylation is 3. The van der Waals surface area contributed by atoms with Gasteiger partial charge in [0.1, 0.15) is 5.82 Å². The van der Waals surface area contributed by atoms with E-state index in [-0.39, 0.29) is 0 Å². The largest absolute Gasteiger partial charge is 0.221 e. The number of pyridine rings is 1. The Bertz CT molecular complexity index is 429. The highest BCUT2D eigenvalue weighted by molar-refractivity contribution is 5.49. The fourth-order valence-corrected chi connectivity index (χ4v) is 1.27. The van der Waals surface area contributed by atoms with Crippen LogP contribution >= 0.6 is 0 Å². The van der Waals surface area contributed by atoms with E-state index in [0.29, 0.717) is 0 Å². The lowest BCUT2D eigenvalue weighted by Gasteiger charge is -1.98. The molecular weight excluding hydrogens is 150 g/mol. The lowest BCUT2D eigenvalue weighted by molar-refractivity contribution is 0.924. The van der Waals surface area contributed by atoms with Crippen molar-refractivity contribution in [1.82, 2.24) is 14.6 Å². The van der Waals surface area contributed by atoms with Crippen LogP contribution in [0.4, 0.5) is 0 Å². The highest BCUT2D eigenvalue weighted by Gasteiger charge is 2.03. The SMILES string of the molecule is Cc1nc2c(C)c(C)ccn2n1. The zero-order chi connectivity index (χ0) is 8.72. The Morgan fingerprint density at radius 3 is 2.75 bits per heavy atom. The van der Waals surface area contributed by atoms with E-state index in [9.17, 15) is 0 Å². The molecule has 0 aliphatic heterocycles. The summed E-state index contributed by atoms with van der Waals surface area (Å²) in [6.07, 6.45) is 1.94. The molecule has 0 amide bonds. The normalized spacial score (nSPS) is 10.9. The molecule has 0 saturated heterocycles. The van der Waals surface area contributed by atoms with Crippen molar-refractivity contribution in [3.8, 4) is 0 Å². The molecule has 0 fully saturated rings. The molecule has 2 heterocycles. The van der Waals surface area contributed by atoms with Gasteiger partial charge in [-0.3, -0.25) is 0 Å². The molecular formula is C9H11N3. The van der Waals surface area contributed by atoms with Gasteiger partial charge in [-0.2, -0.15) is 5.10 Å². The zero-order valence-electron chi connectivity index (χ0n) is 7.50. The van der Waals surface area contributed by atoms with Gasteiger partial charge in [0.15, 0.2) is 5.65 Å². The third-order valence-electron chi connectivity index (χ3n) is 2.13. The van der Waals surface area contributed by atoms with Gasteiger partial charge in [0.25, 0.3) is 0 Å². The Balaban J connectivity index is 2.89. The van der Waals surface area contributed by atoms with E-state index in [1.165, 1.54) is 11.1 Å². The van der Waals surface area contributed by atoms with Crippen LogP contribution in [0, 0.1) is 20.8 Å². The predicted octanol–water partition coefficient (Wildman–Crippen LogP) is 1.65. The number of hydrogen-bond donors (Lipinski definition) is 0. The van der Waals surface area contributed by atoms with Crippen molar-refractivity contribution in [3.05, 3.63) is 29.2 Å². The molecule has 0 unspecified atom stereocenters. The van der Waals surface area contributed by atoms with Crippen LogP contribution in [-0.2, 0) is 0 Å². The second kappa shape index (κ2) is 2.30. The minimum Gasteiger partial charge on any atom is -0.221 e. The monoisotopic (exact) mass is 161 g/mol. The van der Waals surface area contributed by atoms with Crippen LogP contribution in [-0.4, -0.2) is 14.6 Å². The van der Waals surface area contributed by atoms with Crippen LogP contribution in [0.3, 0.4) is 0 Å². The van der Waals surface area contributed by atoms with E-state index >= 15 is 0 Å². The number of nitrogens with zero attached hydrogens (tertiary/aromatic N) is 3. The number of aromatic nitrogens is 3. The van der Waals surface area contributed by atoms with E-state index in [1.54, 1.807) is 0 Å². The maximum Gasteiger partial charge on any atom is 0.158 e. The quantitative estimate of drug-likeness (QED) is 0.588. The molecule has 2 aromatic heterocycles. The second-order valence-electron chi connectivity index (χ2n) is 3.05. The molecule has 2 rings (SSSR count). The molecule has 0 radical (unpaired) electrons. The molecule has 0 saturated carbocycles. The van der Waals surface area contributed by atoms with Crippen molar-refractivity contribution in [2.75, 3.05) is 0 Å². The Morgan fingerprint density at radius 1 is 1.25 bits per heavy atom. The average Bonchev–Trinajstić information content (AvgIpc) is 2.39. The first kappa shape index (κ1) is 7.28. The Hall–Kier alpha value is -1.38. The summed E-state index contributed by atoms with van der Waals surface area (Å²) in [6.45, 7) is 6.06. The molecule has 0 aromatic carbocycles. The third kappa shape index (κ3) is 0.897. The van der Waals surface area contributed by atoms with E-state index in [4.69, 9.17) is 0 Å². The fraction of sp³-hybridized carbons (Fsp3) is 0.333. The van der Waals surface area contributed by atoms with E-state index in [1.807, 2.05) is 17.6 Å². The van der Waals surface area contributed by atoms with Crippen LogP contribution in [0.5, 0.6) is 0 Å². The Morgan fingerprint density at radius 2 is 2.00 bits per heavy atom. The lowest BCUT2D eigenvalue weighted by Crippen LogP contribution is -1.91. The van der Waals surface area contributed by atoms with Gasteiger partial charge in [-0.05, 0) is 38.0 Å². The summed E-state index contributed by atoms with van der Waals surface area (Å²) in [6, 6.07) is 2.05. The smallest absolute Gasteiger partial charge is 0.158 e. The number of hydrogen-bond acceptors (Lipinski definition) is 2. The Kier molecular flexibility index (Phi) is 1.40. The minimum absolute atomic E-state index is 0.823. The molecule has 0 bridgehead atoms. The van der Waals surface area contributed by atoms with E-state index in [0.717, 1.165) is 11.5 Å². The molecule has 3 heteroatoms. The van der Waals surface area contributed by atoms with Crippen molar-refractivity contribution in [1.29, 1.82) is 0 Å². The molecule has 12 heavy (non-hydrogen) atoms. The number of fused-ring (bicyclic) bond motifs is 1. The van der Waals surface area contributed by atoms with Crippen molar-refractivity contribution in [3.63, 3.8) is 0 Å². The molecule has 62 valence electrons. The molecule has 3 nitrogen and oxygen atoms in total. The van der Waals surface area contributed by atoms with Crippen LogP contribution in [0.25, 0.3) is 5.65 Å². The molecule has 0 spiro atoms. The van der Waals surface area contributed by atoms with Gasteiger partial charge in [0.05, 0.1) is 0 Å². The Labute approximate surface area is 71.1 Å². The van der Waals surface area contributed by atoms with Crippen molar-refractivity contribution in [2.24, 2.45) is 0 Å². The molecule has 2 aromatic rings. The first-order chi connectivity index (χ1) is 5.68. The van der Waals surface area contributed by atoms with Crippen molar-refractivity contribution < 1.29 is 0 Å². The first-order valence-corrected chi connectivity index (χ1v) is 3.97. The van der Waals surface area contributed by atoms with Crippen LogP contribution in [0.1, 0.15) is 17.0 Å². The van der Waals surface area contributed by atoms with E-state index in [2.05, 4.69) is 30.0 Å². The summed E-state index contributed by atoms with van der Waals surface area (Å²) >= 11 is 0. The van der Waals surface area contributed by atoms with Gasteiger partial charge in [-0.1, -0.05) is 0 Å². The number of rotatable bonds is 0. The minimum atomic E-state index is 0.823. The van der Waals surface area contributed by atoms with Gasteiger partial charge >= 0.3 is 0 Å². The van der Waals surface area contributed by atoms with Gasteiger partial charge in [-0.15, -0.1) is 0 Å². The molecule has 0 N–H and O–H groups in total. The topological polar surface area (TPSA) is 30.2 Å². The summed E-state index contributed by atoms with van der Waals surface area (Å²) in [5, 5.41) is 4.22. The first-order valence-electron chi connectivity index (χ1n) is 3.97. The van der Waals surface area contributed by atoms with Crippen LogP contribution in [0.15, 0.2) is 12.3 Å². The van der Waals surface area contributed by atoms with Gasteiger partial charge in [0.2, 0.25) is 0 Å². The maximum atomic E-state index is 4.33. The van der Waals surface area contributed by atoms with Gasteiger partial charge in [-0.25, -0.2) is 9.50 Å². The summed E-state index contributed by atoms with van der Waals surface area (Å²) in [5.41, 5.74) is 3.43. The average molecular weight is 161 g/mol. The van der Waals surface area contributed by atoms with Crippen molar-refractivity contribution >= 4 is 5.65 Å². The van der Waals surface area contributed by atoms with Crippen LogP contribution in [0.2, 0.25) is 0 Å². The highest BCUT2D eigenvalue weighted by Crippen LogP contribution is 2.11.